The standard InChI is InChI=1S/C14H17NO3S3/c16-21(17,13-2-1-8-20-13)15-11-14(4-6-18-7-5-14)12-3-9-19-10-12/h1-3,8-10,15H,4-7,11H2. The number of hydrogen-bond donors (Lipinski definition) is 1. The number of rotatable bonds is 5. The maximum atomic E-state index is 12.3. The molecule has 0 radical (unpaired) electrons. The Kier molecular flexibility index (Phi) is 4.46. The van der Waals surface area contributed by atoms with E-state index in [2.05, 4.69) is 16.2 Å². The molecule has 0 unspecified atom stereocenters. The Morgan fingerprint density at radius 2 is 2.05 bits per heavy atom. The average Bonchev–Trinajstić information content (AvgIpc) is 3.19. The van der Waals surface area contributed by atoms with Gasteiger partial charge in [-0.05, 0) is 46.7 Å². The Bertz CT molecular complexity index is 656. The third-order valence-corrected chi connectivity index (χ3v) is 7.43. The van der Waals surface area contributed by atoms with E-state index in [1.54, 1.807) is 28.8 Å². The quantitative estimate of drug-likeness (QED) is 0.908. The van der Waals surface area contributed by atoms with Crippen LogP contribution in [0.1, 0.15) is 18.4 Å². The molecule has 114 valence electrons. The van der Waals surface area contributed by atoms with E-state index >= 15 is 0 Å². The molecule has 0 amide bonds. The van der Waals surface area contributed by atoms with E-state index in [9.17, 15) is 8.42 Å². The smallest absolute Gasteiger partial charge is 0.250 e. The number of hydrogen-bond acceptors (Lipinski definition) is 5. The van der Waals surface area contributed by atoms with Crippen molar-refractivity contribution >= 4 is 32.7 Å². The lowest BCUT2D eigenvalue weighted by atomic mass is 9.75. The van der Waals surface area contributed by atoms with Gasteiger partial charge >= 0.3 is 0 Å². The highest BCUT2D eigenvalue weighted by Gasteiger charge is 2.36. The maximum Gasteiger partial charge on any atom is 0.250 e. The predicted molar refractivity (Wildman–Crippen MR) is 85.6 cm³/mol. The van der Waals surface area contributed by atoms with E-state index in [0.29, 0.717) is 24.0 Å². The molecule has 1 aliphatic heterocycles. The highest BCUT2D eigenvalue weighted by atomic mass is 32.2. The average molecular weight is 343 g/mol. The summed E-state index contributed by atoms with van der Waals surface area (Å²) in [6, 6.07) is 5.48. The first-order chi connectivity index (χ1) is 10.1. The molecule has 3 heterocycles. The van der Waals surface area contributed by atoms with Crippen molar-refractivity contribution in [3.05, 3.63) is 39.9 Å². The molecule has 3 rings (SSSR count). The molecule has 2 aromatic heterocycles. The largest absolute Gasteiger partial charge is 0.381 e. The number of sulfonamides is 1. The summed E-state index contributed by atoms with van der Waals surface area (Å²) in [5.74, 6) is 0. The fraction of sp³-hybridized carbons (Fsp3) is 0.429. The molecule has 0 aliphatic carbocycles. The second-order valence-electron chi connectivity index (χ2n) is 5.16. The van der Waals surface area contributed by atoms with Gasteiger partial charge in [0.1, 0.15) is 4.21 Å². The van der Waals surface area contributed by atoms with Crippen LogP contribution in [0, 0.1) is 0 Å². The molecule has 0 aromatic carbocycles. The summed E-state index contributed by atoms with van der Waals surface area (Å²) in [5.41, 5.74) is 1.06. The summed E-state index contributed by atoms with van der Waals surface area (Å²) in [7, 11) is -3.41. The van der Waals surface area contributed by atoms with Crippen molar-refractivity contribution < 1.29 is 13.2 Å². The van der Waals surface area contributed by atoms with E-state index in [4.69, 9.17) is 4.74 Å². The lowest BCUT2D eigenvalue weighted by Crippen LogP contribution is -2.44. The molecule has 0 atom stereocenters. The van der Waals surface area contributed by atoms with Gasteiger partial charge < -0.3 is 4.74 Å². The first-order valence-electron chi connectivity index (χ1n) is 6.76. The van der Waals surface area contributed by atoms with Crippen molar-refractivity contribution in [1.29, 1.82) is 0 Å². The van der Waals surface area contributed by atoms with Crippen molar-refractivity contribution in [2.24, 2.45) is 0 Å². The van der Waals surface area contributed by atoms with Crippen LogP contribution >= 0.6 is 22.7 Å². The van der Waals surface area contributed by atoms with Crippen LogP contribution in [-0.4, -0.2) is 28.2 Å². The lowest BCUT2D eigenvalue weighted by molar-refractivity contribution is 0.0518. The van der Waals surface area contributed by atoms with Crippen LogP contribution in [0.4, 0.5) is 0 Å². The van der Waals surface area contributed by atoms with Crippen LogP contribution in [0.3, 0.4) is 0 Å². The Morgan fingerprint density at radius 3 is 2.67 bits per heavy atom. The molecule has 2 aromatic rings. The predicted octanol–water partition coefficient (Wildman–Crippen LogP) is 2.84. The highest BCUT2D eigenvalue weighted by molar-refractivity contribution is 7.91. The third kappa shape index (κ3) is 3.22. The van der Waals surface area contributed by atoms with E-state index in [1.807, 2.05) is 5.38 Å². The Labute approximate surface area is 132 Å². The summed E-state index contributed by atoms with van der Waals surface area (Å²) in [6.45, 7) is 1.78. The molecule has 0 saturated carbocycles. The zero-order valence-electron chi connectivity index (χ0n) is 11.4. The first kappa shape index (κ1) is 15.2. The zero-order chi connectivity index (χ0) is 14.8. The summed E-state index contributed by atoms with van der Waals surface area (Å²) in [4.78, 5) is 0. The van der Waals surface area contributed by atoms with E-state index in [-0.39, 0.29) is 5.41 Å². The van der Waals surface area contributed by atoms with Crippen molar-refractivity contribution in [2.45, 2.75) is 22.5 Å². The first-order valence-corrected chi connectivity index (χ1v) is 10.1. The van der Waals surface area contributed by atoms with Crippen LogP contribution in [-0.2, 0) is 20.2 Å². The van der Waals surface area contributed by atoms with Gasteiger partial charge in [-0.15, -0.1) is 11.3 Å². The van der Waals surface area contributed by atoms with Gasteiger partial charge in [-0.3, -0.25) is 0 Å². The van der Waals surface area contributed by atoms with Gasteiger partial charge in [0.15, 0.2) is 0 Å². The summed E-state index contributed by atoms with van der Waals surface area (Å²) < 4.78 is 33.3. The molecule has 21 heavy (non-hydrogen) atoms. The molecular formula is C14H17NO3S3. The minimum absolute atomic E-state index is 0.150. The minimum atomic E-state index is -3.41. The van der Waals surface area contributed by atoms with Gasteiger partial charge in [0.2, 0.25) is 10.0 Å². The molecule has 1 fully saturated rings. The van der Waals surface area contributed by atoms with E-state index < -0.39 is 10.0 Å². The fourth-order valence-electron chi connectivity index (χ4n) is 2.62. The second kappa shape index (κ2) is 6.18. The van der Waals surface area contributed by atoms with Crippen molar-refractivity contribution in [1.82, 2.24) is 4.72 Å². The Balaban J connectivity index is 1.80. The summed E-state index contributed by atoms with van der Waals surface area (Å²) >= 11 is 2.89. The summed E-state index contributed by atoms with van der Waals surface area (Å²) in [5, 5.41) is 5.93. The monoisotopic (exact) mass is 343 g/mol. The third-order valence-electron chi connectivity index (χ3n) is 3.94. The zero-order valence-corrected chi connectivity index (χ0v) is 13.9. The fourth-order valence-corrected chi connectivity index (χ4v) is 5.56. The van der Waals surface area contributed by atoms with Crippen molar-refractivity contribution in [2.75, 3.05) is 19.8 Å². The SMILES string of the molecule is O=S(=O)(NCC1(c2ccsc2)CCOCC1)c1cccs1. The van der Waals surface area contributed by atoms with E-state index in [0.717, 1.165) is 12.8 Å². The van der Waals surface area contributed by atoms with Gasteiger partial charge in [0.25, 0.3) is 0 Å². The van der Waals surface area contributed by atoms with Crippen LogP contribution in [0.25, 0.3) is 0 Å². The maximum absolute atomic E-state index is 12.3. The molecule has 1 aliphatic rings. The normalized spacial score (nSPS) is 18.7. The van der Waals surface area contributed by atoms with Crippen LogP contribution in [0.2, 0.25) is 0 Å². The van der Waals surface area contributed by atoms with Gasteiger partial charge in [0, 0.05) is 25.2 Å². The molecule has 4 nitrogen and oxygen atoms in total. The Morgan fingerprint density at radius 1 is 1.24 bits per heavy atom. The topological polar surface area (TPSA) is 55.4 Å². The lowest BCUT2D eigenvalue weighted by Gasteiger charge is -2.37. The van der Waals surface area contributed by atoms with Crippen LogP contribution in [0.15, 0.2) is 38.5 Å². The molecule has 0 bridgehead atoms. The van der Waals surface area contributed by atoms with Crippen LogP contribution in [0.5, 0.6) is 0 Å². The molecule has 1 N–H and O–H groups in total. The van der Waals surface area contributed by atoms with Crippen LogP contribution < -0.4 is 4.72 Å². The summed E-state index contributed by atoms with van der Waals surface area (Å²) in [6.07, 6.45) is 1.69. The minimum Gasteiger partial charge on any atom is -0.381 e. The van der Waals surface area contributed by atoms with Gasteiger partial charge in [-0.2, -0.15) is 11.3 Å². The Hall–Kier alpha value is -0.730. The number of nitrogens with one attached hydrogen (secondary N) is 1. The van der Waals surface area contributed by atoms with Gasteiger partial charge in [-0.25, -0.2) is 13.1 Å². The highest BCUT2D eigenvalue weighted by Crippen LogP contribution is 2.36. The van der Waals surface area contributed by atoms with Crippen molar-refractivity contribution in [3.8, 4) is 0 Å². The number of ether oxygens (including phenoxy) is 1. The molecule has 0 spiro atoms. The van der Waals surface area contributed by atoms with Gasteiger partial charge in [0.05, 0.1) is 0 Å². The van der Waals surface area contributed by atoms with Crippen molar-refractivity contribution in [3.63, 3.8) is 0 Å². The van der Waals surface area contributed by atoms with Gasteiger partial charge in [-0.1, -0.05) is 6.07 Å². The molecule has 7 heteroatoms. The molecular weight excluding hydrogens is 326 g/mol. The van der Waals surface area contributed by atoms with E-state index in [1.165, 1.54) is 16.9 Å². The molecule has 1 saturated heterocycles. The number of thiophene rings is 2. The second-order valence-corrected chi connectivity index (χ2v) is 8.88.